The van der Waals surface area contributed by atoms with Gasteiger partial charge in [-0.2, -0.15) is 0 Å². The second-order valence-electron chi connectivity index (χ2n) is 7.70. The van der Waals surface area contributed by atoms with Crippen molar-refractivity contribution in [3.8, 4) is 0 Å². The number of carbonyl (C=O) groups excluding carboxylic acids is 3. The summed E-state index contributed by atoms with van der Waals surface area (Å²) in [5, 5.41) is 19.3. The first-order valence-corrected chi connectivity index (χ1v) is 9.47. The van der Waals surface area contributed by atoms with Crippen LogP contribution in [-0.2, 0) is 28.6 Å². The highest BCUT2D eigenvalue weighted by molar-refractivity contribution is 5.91. The third kappa shape index (κ3) is 5.77. The number of ether oxygens (including phenoxy) is 3. The number of aliphatic hydroxyl groups excluding tert-OH is 1. The van der Waals surface area contributed by atoms with Gasteiger partial charge in [-0.1, -0.05) is 18.2 Å². The van der Waals surface area contributed by atoms with Gasteiger partial charge in [0.05, 0.1) is 12.5 Å². The summed E-state index contributed by atoms with van der Waals surface area (Å²) >= 11 is 0. The lowest BCUT2D eigenvalue weighted by Gasteiger charge is -2.29. The summed E-state index contributed by atoms with van der Waals surface area (Å²) in [5.74, 6) is -2.73. The van der Waals surface area contributed by atoms with Crippen LogP contribution in [0.5, 0.6) is 0 Å². The second kappa shape index (κ2) is 9.37. The number of carbonyl (C=O) groups is 3. The van der Waals surface area contributed by atoms with Crippen molar-refractivity contribution in [3.63, 3.8) is 0 Å². The molecule has 0 aromatic rings. The third-order valence-electron chi connectivity index (χ3n) is 5.01. The predicted molar refractivity (Wildman–Crippen MR) is 102 cm³/mol. The van der Waals surface area contributed by atoms with E-state index in [0.717, 1.165) is 12.5 Å². The van der Waals surface area contributed by atoms with Gasteiger partial charge < -0.3 is 24.4 Å². The Kier molecular flexibility index (Phi) is 7.37. The molecule has 0 amide bonds. The summed E-state index contributed by atoms with van der Waals surface area (Å²) in [7, 11) is 0. The van der Waals surface area contributed by atoms with Crippen molar-refractivity contribution in [2.24, 2.45) is 5.92 Å². The first kappa shape index (κ1) is 22.8. The molecule has 2 aliphatic rings. The van der Waals surface area contributed by atoms with Crippen LogP contribution in [0.15, 0.2) is 35.5 Å². The molecule has 8 heteroatoms. The minimum absolute atomic E-state index is 0.00529. The third-order valence-corrected chi connectivity index (χ3v) is 5.01. The molecule has 2 rings (SSSR count). The SMILES string of the molecule is C=C1C(=O)OC2CC(C)=CCCC(COC(C)=O)=CC(OC(=O)C(C)(O)CO)C12. The molecule has 0 radical (unpaired) electrons. The highest BCUT2D eigenvalue weighted by Gasteiger charge is 2.46. The first-order chi connectivity index (χ1) is 13.5. The van der Waals surface area contributed by atoms with Crippen LogP contribution in [0.4, 0.5) is 0 Å². The Labute approximate surface area is 169 Å². The van der Waals surface area contributed by atoms with Crippen molar-refractivity contribution in [3.05, 3.63) is 35.5 Å². The van der Waals surface area contributed by atoms with Crippen LogP contribution >= 0.6 is 0 Å². The van der Waals surface area contributed by atoms with Gasteiger partial charge in [0.25, 0.3) is 0 Å². The molecule has 1 heterocycles. The number of hydrogen-bond acceptors (Lipinski definition) is 8. The van der Waals surface area contributed by atoms with Crippen LogP contribution in [-0.4, -0.2) is 59.1 Å². The van der Waals surface area contributed by atoms with E-state index in [1.54, 1.807) is 6.08 Å². The topological polar surface area (TPSA) is 119 Å². The molecular formula is C21H28O8. The van der Waals surface area contributed by atoms with Gasteiger partial charge in [0.15, 0.2) is 5.60 Å². The molecule has 160 valence electrons. The highest BCUT2D eigenvalue weighted by atomic mass is 16.6. The lowest BCUT2D eigenvalue weighted by molar-refractivity contribution is -0.173. The maximum absolute atomic E-state index is 12.4. The highest BCUT2D eigenvalue weighted by Crippen LogP contribution is 2.37. The van der Waals surface area contributed by atoms with Gasteiger partial charge >= 0.3 is 17.9 Å². The maximum atomic E-state index is 12.4. The van der Waals surface area contributed by atoms with Gasteiger partial charge in [-0.15, -0.1) is 0 Å². The summed E-state index contributed by atoms with van der Waals surface area (Å²) < 4.78 is 16.0. The Balaban J connectivity index is 2.44. The molecule has 4 atom stereocenters. The summed E-state index contributed by atoms with van der Waals surface area (Å²) in [6.07, 6.45) is 3.73. The van der Waals surface area contributed by atoms with Crippen molar-refractivity contribution in [1.82, 2.24) is 0 Å². The van der Waals surface area contributed by atoms with E-state index < -0.39 is 48.2 Å². The normalized spacial score (nSPS) is 27.0. The fraction of sp³-hybridized carbons (Fsp3) is 0.571. The fourth-order valence-corrected chi connectivity index (χ4v) is 3.29. The van der Waals surface area contributed by atoms with E-state index in [4.69, 9.17) is 14.2 Å². The van der Waals surface area contributed by atoms with Crippen LogP contribution in [0.1, 0.15) is 40.0 Å². The first-order valence-electron chi connectivity index (χ1n) is 9.47. The van der Waals surface area contributed by atoms with Gasteiger partial charge in [-0.05, 0) is 38.3 Å². The van der Waals surface area contributed by atoms with Gasteiger partial charge in [0, 0.05) is 18.9 Å². The number of hydrogen-bond donors (Lipinski definition) is 2. The average molecular weight is 408 g/mol. The predicted octanol–water partition coefficient (Wildman–Crippen LogP) is 1.36. The van der Waals surface area contributed by atoms with Crippen LogP contribution < -0.4 is 0 Å². The Bertz CT molecular complexity index is 746. The second-order valence-corrected chi connectivity index (χ2v) is 7.70. The molecule has 1 fully saturated rings. The van der Waals surface area contributed by atoms with Gasteiger partial charge in [0.1, 0.15) is 18.8 Å². The zero-order chi connectivity index (χ0) is 21.8. The van der Waals surface area contributed by atoms with Crippen molar-refractivity contribution in [2.45, 2.75) is 57.8 Å². The summed E-state index contributed by atoms with van der Waals surface area (Å²) in [6, 6.07) is 0. The van der Waals surface area contributed by atoms with E-state index in [1.807, 2.05) is 13.0 Å². The summed E-state index contributed by atoms with van der Waals surface area (Å²) in [4.78, 5) is 35.8. The van der Waals surface area contributed by atoms with E-state index in [1.165, 1.54) is 6.92 Å². The lowest BCUT2D eigenvalue weighted by Crippen LogP contribution is -2.44. The van der Waals surface area contributed by atoms with Crippen molar-refractivity contribution in [2.75, 3.05) is 13.2 Å². The van der Waals surface area contributed by atoms with Crippen LogP contribution in [0.25, 0.3) is 0 Å². The molecule has 0 saturated carbocycles. The molecule has 0 aromatic heterocycles. The zero-order valence-electron chi connectivity index (χ0n) is 17.0. The van der Waals surface area contributed by atoms with Crippen molar-refractivity contribution in [1.29, 1.82) is 0 Å². The van der Waals surface area contributed by atoms with Crippen LogP contribution in [0.3, 0.4) is 0 Å². The maximum Gasteiger partial charge on any atom is 0.340 e. The molecule has 0 bridgehead atoms. The molecule has 8 nitrogen and oxygen atoms in total. The fourth-order valence-electron chi connectivity index (χ4n) is 3.29. The molecule has 29 heavy (non-hydrogen) atoms. The zero-order valence-corrected chi connectivity index (χ0v) is 17.0. The molecule has 0 aromatic carbocycles. The van der Waals surface area contributed by atoms with Crippen LogP contribution in [0, 0.1) is 5.92 Å². The number of rotatable bonds is 5. The number of fused-ring (bicyclic) bond motifs is 1. The van der Waals surface area contributed by atoms with E-state index in [2.05, 4.69) is 6.58 Å². The molecule has 4 unspecified atom stereocenters. The molecule has 2 N–H and O–H groups in total. The number of allylic oxidation sites excluding steroid dienone is 1. The monoisotopic (exact) mass is 408 g/mol. The van der Waals surface area contributed by atoms with Gasteiger partial charge in [0.2, 0.25) is 0 Å². The minimum atomic E-state index is -2.10. The number of aliphatic hydroxyl groups is 2. The minimum Gasteiger partial charge on any atom is -0.461 e. The molecule has 1 saturated heterocycles. The van der Waals surface area contributed by atoms with Gasteiger partial charge in [-0.3, -0.25) is 4.79 Å². The quantitative estimate of drug-likeness (QED) is 0.303. The molecule has 0 spiro atoms. The standard InChI is InChI=1S/C21H28O8/c1-12-6-5-7-15(10-27-14(3)23)9-17(29-20(25)21(4,26)11-22)18-13(2)19(24)28-16(18)8-12/h6,9,16-18,22,26H,2,5,7-8,10-11H2,1,3-4H3. The summed E-state index contributed by atoms with van der Waals surface area (Å²) in [5.41, 5.74) is -0.245. The van der Waals surface area contributed by atoms with E-state index in [0.29, 0.717) is 24.8 Å². The molecule has 1 aliphatic heterocycles. The largest absolute Gasteiger partial charge is 0.461 e. The average Bonchev–Trinajstić information content (AvgIpc) is 2.91. The lowest BCUT2D eigenvalue weighted by atomic mass is 9.85. The van der Waals surface area contributed by atoms with E-state index in [-0.39, 0.29) is 12.2 Å². The van der Waals surface area contributed by atoms with E-state index in [9.17, 15) is 24.6 Å². The Morgan fingerprint density at radius 3 is 2.72 bits per heavy atom. The smallest absolute Gasteiger partial charge is 0.340 e. The van der Waals surface area contributed by atoms with Crippen molar-refractivity contribution < 1.29 is 38.8 Å². The summed E-state index contributed by atoms with van der Waals surface area (Å²) in [6.45, 7) is 7.32. The molecular weight excluding hydrogens is 380 g/mol. The van der Waals surface area contributed by atoms with Crippen molar-refractivity contribution >= 4 is 17.9 Å². The van der Waals surface area contributed by atoms with Crippen LogP contribution in [0.2, 0.25) is 0 Å². The Hall–Kier alpha value is -2.45. The Morgan fingerprint density at radius 2 is 2.10 bits per heavy atom. The number of esters is 3. The Morgan fingerprint density at radius 1 is 1.41 bits per heavy atom. The van der Waals surface area contributed by atoms with Gasteiger partial charge in [-0.25, -0.2) is 9.59 Å². The van der Waals surface area contributed by atoms with E-state index >= 15 is 0 Å². The molecule has 1 aliphatic carbocycles.